The van der Waals surface area contributed by atoms with Crippen molar-refractivity contribution in [3.63, 3.8) is 0 Å². The van der Waals surface area contributed by atoms with Crippen LogP contribution in [0.1, 0.15) is 96.8 Å². The van der Waals surface area contributed by atoms with Crippen LogP contribution in [0.25, 0.3) is 0 Å². The highest BCUT2D eigenvalue weighted by atomic mass is 16.6. The van der Waals surface area contributed by atoms with E-state index in [9.17, 15) is 24.9 Å². The molecule has 9 nitrogen and oxygen atoms in total. The van der Waals surface area contributed by atoms with Crippen LogP contribution >= 0.6 is 0 Å². The summed E-state index contributed by atoms with van der Waals surface area (Å²) in [6.45, 7) is 1.75. The number of Topliss-reactive ketones (excluding diaryl/α,β-unsaturated/α-hetero) is 1. The van der Waals surface area contributed by atoms with E-state index in [2.05, 4.69) is 12.2 Å². The first-order valence-corrected chi connectivity index (χ1v) is 13.1. The number of aliphatic hydroxyl groups excluding tert-OH is 3. The number of hydrogen-bond acceptors (Lipinski definition) is 7. The van der Waals surface area contributed by atoms with E-state index in [1.807, 2.05) is 0 Å². The van der Waals surface area contributed by atoms with E-state index in [1.54, 1.807) is 0 Å². The minimum absolute atomic E-state index is 0.271. The van der Waals surface area contributed by atoms with Gasteiger partial charge in [0.2, 0.25) is 0 Å². The van der Waals surface area contributed by atoms with Crippen LogP contribution in [0.15, 0.2) is 12.3 Å². The first kappa shape index (κ1) is 28.7. The van der Waals surface area contributed by atoms with Crippen LogP contribution in [0.5, 0.6) is 0 Å². The molecule has 0 aromatic heterocycles. The van der Waals surface area contributed by atoms with Crippen molar-refractivity contribution >= 4 is 11.8 Å². The Hall–Kier alpha value is -1.52. The molecule has 9 heteroatoms. The van der Waals surface area contributed by atoms with Crippen LogP contribution in [0, 0.1) is 0 Å². The molecule has 0 spiro atoms. The molecule has 1 saturated heterocycles. The van der Waals surface area contributed by atoms with Crippen molar-refractivity contribution in [2.45, 2.75) is 127 Å². The maximum atomic E-state index is 12.6. The molecular weight excluding hydrogens is 438 g/mol. The summed E-state index contributed by atoms with van der Waals surface area (Å²) in [5.74, 6) is -0.277. The van der Waals surface area contributed by atoms with Crippen LogP contribution in [-0.4, -0.2) is 68.8 Å². The number of aliphatic hydroxyl groups is 3. The van der Waals surface area contributed by atoms with Gasteiger partial charge >= 0.3 is 6.03 Å². The van der Waals surface area contributed by atoms with Gasteiger partial charge in [-0.05, 0) is 12.5 Å². The number of ketones is 1. The number of nitrogens with one attached hydrogen (secondary N) is 1. The number of carbonyl (C=O) groups is 2. The molecule has 2 aliphatic heterocycles. The van der Waals surface area contributed by atoms with E-state index >= 15 is 0 Å². The molecule has 34 heavy (non-hydrogen) atoms. The average Bonchev–Trinajstić information content (AvgIpc) is 3.10. The molecule has 0 aliphatic carbocycles. The maximum absolute atomic E-state index is 12.6. The highest BCUT2D eigenvalue weighted by Gasteiger charge is 2.48. The van der Waals surface area contributed by atoms with Gasteiger partial charge in [0.1, 0.15) is 18.3 Å². The average molecular weight is 484 g/mol. The van der Waals surface area contributed by atoms with E-state index < -0.39 is 42.8 Å². The Morgan fingerprint density at radius 1 is 1.00 bits per heavy atom. The minimum Gasteiger partial charge on any atom is -0.394 e. The fraction of sp³-hybridized carbons (Fsp3) is 0.840. The molecule has 1 unspecified atom stereocenters. The first-order chi connectivity index (χ1) is 16.3. The molecule has 0 aromatic rings. The van der Waals surface area contributed by atoms with Gasteiger partial charge in [-0.3, -0.25) is 15.4 Å². The predicted octanol–water partition coefficient (Wildman–Crippen LogP) is 2.67. The minimum atomic E-state index is -1.61. The van der Waals surface area contributed by atoms with Gasteiger partial charge in [-0.25, -0.2) is 4.79 Å². The fourth-order valence-corrected chi connectivity index (χ4v) is 4.53. The zero-order chi connectivity index (χ0) is 25.0. The summed E-state index contributed by atoms with van der Waals surface area (Å²) in [6.07, 6.45) is 13.9. The van der Waals surface area contributed by atoms with Crippen LogP contribution in [-0.2, 0) is 9.53 Å². The third-order valence-corrected chi connectivity index (χ3v) is 6.81. The number of unbranched alkanes of at least 4 members (excludes halogenated alkanes) is 12. The lowest BCUT2D eigenvalue weighted by Gasteiger charge is -2.36. The van der Waals surface area contributed by atoms with Crippen molar-refractivity contribution in [2.75, 3.05) is 6.61 Å². The van der Waals surface area contributed by atoms with Crippen molar-refractivity contribution in [1.29, 1.82) is 0 Å². The van der Waals surface area contributed by atoms with E-state index in [4.69, 9.17) is 10.5 Å². The summed E-state index contributed by atoms with van der Waals surface area (Å²) in [5, 5.41) is 31.7. The van der Waals surface area contributed by atoms with Crippen molar-refractivity contribution in [1.82, 2.24) is 10.2 Å². The van der Waals surface area contributed by atoms with Gasteiger partial charge in [-0.2, -0.15) is 0 Å². The molecule has 2 rings (SSSR count). The van der Waals surface area contributed by atoms with Gasteiger partial charge in [0.25, 0.3) is 0 Å². The van der Waals surface area contributed by atoms with E-state index in [-0.39, 0.29) is 12.2 Å². The van der Waals surface area contributed by atoms with Gasteiger partial charge in [-0.1, -0.05) is 84.0 Å². The molecule has 2 heterocycles. The summed E-state index contributed by atoms with van der Waals surface area (Å²) in [5.41, 5.74) is 4.52. The van der Waals surface area contributed by atoms with E-state index in [0.717, 1.165) is 24.2 Å². The summed E-state index contributed by atoms with van der Waals surface area (Å²) in [7, 11) is 0. The second-order valence-electron chi connectivity index (χ2n) is 9.67. The zero-order valence-electron chi connectivity index (χ0n) is 20.7. The number of carbonyl (C=O) groups excluding carboxylic acids is 2. The van der Waals surface area contributed by atoms with Crippen molar-refractivity contribution in [3.05, 3.63) is 12.3 Å². The Morgan fingerprint density at radius 3 is 2.00 bits per heavy atom. The Bertz CT molecular complexity index is 661. The Kier molecular flexibility index (Phi) is 12.5. The highest BCUT2D eigenvalue weighted by molar-refractivity contribution is 5.95. The summed E-state index contributed by atoms with van der Waals surface area (Å²) < 4.78 is 5.36. The lowest BCUT2D eigenvalue weighted by atomic mass is 9.98. The molecular formula is C25H45N3O6. The van der Waals surface area contributed by atoms with Crippen molar-refractivity contribution in [2.24, 2.45) is 5.73 Å². The molecule has 196 valence electrons. The third kappa shape index (κ3) is 8.30. The normalized spacial score (nSPS) is 29.0. The lowest BCUT2D eigenvalue weighted by Crippen LogP contribution is -2.66. The quantitative estimate of drug-likeness (QED) is 0.200. The predicted molar refractivity (Wildman–Crippen MR) is 130 cm³/mol. The smallest absolute Gasteiger partial charge is 0.325 e. The maximum Gasteiger partial charge on any atom is 0.325 e. The molecule has 0 aromatic carbocycles. The SMILES string of the molecule is CCCCCCCCCCCCCCCC(=O)C1(N)C=CN([C@@H]2O[C@H](CO)[C@@H](O)[C@H]2O)C(=O)N1. The van der Waals surface area contributed by atoms with Crippen LogP contribution in [0.2, 0.25) is 0 Å². The summed E-state index contributed by atoms with van der Waals surface area (Å²) >= 11 is 0. The number of nitrogens with two attached hydrogens (primary N) is 1. The van der Waals surface area contributed by atoms with E-state index in [1.165, 1.54) is 76.5 Å². The Balaban J connectivity index is 1.62. The molecule has 0 radical (unpaired) electrons. The molecule has 0 bridgehead atoms. The van der Waals surface area contributed by atoms with Crippen molar-refractivity contribution in [3.8, 4) is 0 Å². The number of ether oxygens (including phenoxy) is 1. The summed E-state index contributed by atoms with van der Waals surface area (Å²) in [4.78, 5) is 26.2. The first-order valence-electron chi connectivity index (χ1n) is 13.1. The van der Waals surface area contributed by atoms with Gasteiger partial charge in [0, 0.05) is 12.6 Å². The van der Waals surface area contributed by atoms with Crippen LogP contribution in [0.3, 0.4) is 0 Å². The molecule has 2 amide bonds. The molecule has 0 saturated carbocycles. The third-order valence-electron chi connectivity index (χ3n) is 6.81. The van der Waals surface area contributed by atoms with E-state index in [0.29, 0.717) is 0 Å². The van der Waals surface area contributed by atoms with Crippen molar-refractivity contribution < 1.29 is 29.6 Å². The lowest BCUT2D eigenvalue weighted by molar-refractivity contribution is -0.124. The van der Waals surface area contributed by atoms with Gasteiger partial charge < -0.3 is 25.4 Å². The fourth-order valence-electron chi connectivity index (χ4n) is 4.53. The Labute approximate surface area is 203 Å². The molecule has 1 fully saturated rings. The second-order valence-corrected chi connectivity index (χ2v) is 9.67. The monoisotopic (exact) mass is 483 g/mol. The second kappa shape index (κ2) is 14.8. The molecule has 2 aliphatic rings. The summed E-state index contributed by atoms with van der Waals surface area (Å²) in [6, 6.07) is -0.710. The van der Waals surface area contributed by atoms with Gasteiger partial charge in [0.15, 0.2) is 17.7 Å². The number of rotatable bonds is 17. The number of hydrogen-bond donors (Lipinski definition) is 5. The topological polar surface area (TPSA) is 145 Å². The standard InChI is InChI=1S/C25H45N3O6/c1-2-3-4-5-6-7-8-9-10-11-12-13-14-15-20(30)25(26)16-17-28(24(33)27-25)23-22(32)21(31)19(18-29)34-23/h16-17,19,21-23,29,31-32H,2-15,18,26H2,1H3,(H,27,33)/t19-,21-,22-,23-,25?/m1/s1. The number of nitrogens with zero attached hydrogens (tertiary/aromatic N) is 1. The molecule has 6 N–H and O–H groups in total. The number of urea groups is 1. The number of amides is 2. The van der Waals surface area contributed by atoms with Gasteiger partial charge in [-0.15, -0.1) is 0 Å². The zero-order valence-corrected chi connectivity index (χ0v) is 20.7. The Morgan fingerprint density at radius 2 is 1.53 bits per heavy atom. The van der Waals surface area contributed by atoms with Crippen LogP contribution in [0.4, 0.5) is 4.79 Å². The largest absolute Gasteiger partial charge is 0.394 e. The van der Waals surface area contributed by atoms with Crippen LogP contribution < -0.4 is 11.1 Å². The molecule has 5 atom stereocenters. The van der Waals surface area contributed by atoms with Gasteiger partial charge in [0.05, 0.1) is 6.61 Å². The highest BCUT2D eigenvalue weighted by Crippen LogP contribution is 2.26.